The molecular formula is C15H32O2. The van der Waals surface area contributed by atoms with E-state index in [1.807, 2.05) is 0 Å². The molecule has 0 saturated carbocycles. The number of hydrogen-bond donors (Lipinski definition) is 2. The maximum atomic E-state index is 9.64. The minimum atomic E-state index is -0.261. The van der Waals surface area contributed by atoms with Gasteiger partial charge in [0.1, 0.15) is 0 Å². The first-order valence-corrected chi connectivity index (χ1v) is 7.25. The Morgan fingerprint density at radius 3 is 1.94 bits per heavy atom. The molecule has 0 aromatic carbocycles. The van der Waals surface area contributed by atoms with Crippen molar-refractivity contribution >= 4 is 0 Å². The Bertz CT molecular complexity index is 174. The fraction of sp³-hybridized carbons (Fsp3) is 1.00. The molecule has 0 bridgehead atoms. The minimum Gasteiger partial charge on any atom is -0.396 e. The molecular weight excluding hydrogens is 212 g/mol. The summed E-state index contributed by atoms with van der Waals surface area (Å²) in [5.41, 5.74) is -0.261. The molecule has 1 unspecified atom stereocenters. The highest BCUT2D eigenvalue weighted by molar-refractivity contribution is 4.82. The molecule has 1 atom stereocenters. The summed E-state index contributed by atoms with van der Waals surface area (Å²) in [6.45, 7) is 8.98. The first-order valence-electron chi connectivity index (χ1n) is 7.25. The maximum Gasteiger partial charge on any atom is 0.0509 e. The van der Waals surface area contributed by atoms with E-state index in [0.29, 0.717) is 11.8 Å². The largest absolute Gasteiger partial charge is 0.396 e. The highest BCUT2D eigenvalue weighted by Crippen LogP contribution is 2.35. The van der Waals surface area contributed by atoms with Gasteiger partial charge < -0.3 is 10.2 Å². The van der Waals surface area contributed by atoms with E-state index in [0.717, 1.165) is 19.3 Å². The molecule has 104 valence electrons. The third-order valence-corrected chi connectivity index (χ3v) is 3.78. The summed E-state index contributed by atoms with van der Waals surface area (Å²) in [4.78, 5) is 0. The molecule has 0 aromatic rings. The van der Waals surface area contributed by atoms with E-state index < -0.39 is 0 Å². The highest BCUT2D eigenvalue weighted by atomic mass is 16.3. The van der Waals surface area contributed by atoms with Gasteiger partial charge >= 0.3 is 0 Å². The van der Waals surface area contributed by atoms with Crippen LogP contribution in [0.1, 0.15) is 66.2 Å². The van der Waals surface area contributed by atoms with Gasteiger partial charge in [0.15, 0.2) is 0 Å². The van der Waals surface area contributed by atoms with Crippen LogP contribution in [0.2, 0.25) is 0 Å². The summed E-state index contributed by atoms with van der Waals surface area (Å²) in [5, 5.41) is 19.3. The average molecular weight is 244 g/mol. The van der Waals surface area contributed by atoms with Crippen molar-refractivity contribution in [1.82, 2.24) is 0 Å². The van der Waals surface area contributed by atoms with Crippen LogP contribution in [0, 0.1) is 17.3 Å². The lowest BCUT2D eigenvalue weighted by Crippen LogP contribution is -2.34. The molecule has 0 fully saturated rings. The van der Waals surface area contributed by atoms with Gasteiger partial charge in [-0.2, -0.15) is 0 Å². The van der Waals surface area contributed by atoms with Gasteiger partial charge in [0.2, 0.25) is 0 Å². The Morgan fingerprint density at radius 1 is 1.00 bits per heavy atom. The average Bonchev–Trinajstić information content (AvgIpc) is 2.32. The van der Waals surface area contributed by atoms with E-state index in [2.05, 4.69) is 27.7 Å². The molecule has 0 spiro atoms. The first kappa shape index (κ1) is 16.9. The Balaban J connectivity index is 4.47. The maximum absolute atomic E-state index is 9.64. The fourth-order valence-electron chi connectivity index (χ4n) is 2.81. The van der Waals surface area contributed by atoms with Crippen molar-refractivity contribution < 1.29 is 10.2 Å². The predicted molar refractivity (Wildman–Crippen MR) is 74.0 cm³/mol. The first-order chi connectivity index (χ1) is 8.03. The normalized spacial score (nSPS) is 14.3. The van der Waals surface area contributed by atoms with Gasteiger partial charge in [-0.3, -0.25) is 0 Å². The number of unbranched alkanes of at least 4 members (excludes halogenated alkanes) is 1. The Hall–Kier alpha value is -0.0800. The number of aliphatic hydroxyl groups is 2. The molecule has 0 heterocycles. The molecule has 0 aliphatic heterocycles. The minimum absolute atomic E-state index is 0.115. The second kappa shape index (κ2) is 8.93. The molecule has 0 radical (unpaired) electrons. The van der Waals surface area contributed by atoms with Gasteiger partial charge in [-0.15, -0.1) is 0 Å². The lowest BCUT2D eigenvalue weighted by atomic mass is 9.73. The van der Waals surface area contributed by atoms with Crippen LogP contribution in [0.5, 0.6) is 0 Å². The number of aliphatic hydroxyl groups excluding tert-OH is 2. The van der Waals surface area contributed by atoms with Crippen molar-refractivity contribution in [3.63, 3.8) is 0 Å². The van der Waals surface area contributed by atoms with Crippen LogP contribution >= 0.6 is 0 Å². The van der Waals surface area contributed by atoms with Gasteiger partial charge in [0.25, 0.3) is 0 Å². The standard InChI is InChI=1S/C15H32O2/c1-5-7-8-14(6-2)10-15(11-16,12-17)9-13(3)4/h13-14,16-17H,5-12H2,1-4H3. The predicted octanol–water partition coefficient (Wildman–Crippen LogP) is 3.61. The van der Waals surface area contributed by atoms with Crippen molar-refractivity contribution in [1.29, 1.82) is 0 Å². The van der Waals surface area contributed by atoms with Crippen LogP contribution in [0.3, 0.4) is 0 Å². The molecule has 0 aliphatic rings. The zero-order valence-electron chi connectivity index (χ0n) is 12.2. The van der Waals surface area contributed by atoms with Crippen LogP contribution in [-0.2, 0) is 0 Å². The van der Waals surface area contributed by atoms with Crippen LogP contribution in [0.25, 0.3) is 0 Å². The summed E-state index contributed by atoms with van der Waals surface area (Å²) >= 11 is 0. The summed E-state index contributed by atoms with van der Waals surface area (Å²) in [5.74, 6) is 1.17. The monoisotopic (exact) mass is 244 g/mol. The Kier molecular flexibility index (Phi) is 8.89. The third kappa shape index (κ3) is 6.42. The van der Waals surface area contributed by atoms with Crippen molar-refractivity contribution in [2.45, 2.75) is 66.2 Å². The van der Waals surface area contributed by atoms with Gasteiger partial charge in [-0.25, -0.2) is 0 Å². The lowest BCUT2D eigenvalue weighted by Gasteiger charge is -2.35. The van der Waals surface area contributed by atoms with Crippen LogP contribution in [0.15, 0.2) is 0 Å². The smallest absolute Gasteiger partial charge is 0.0509 e. The van der Waals surface area contributed by atoms with E-state index in [-0.39, 0.29) is 18.6 Å². The molecule has 0 amide bonds. The summed E-state index contributed by atoms with van der Waals surface area (Å²) in [6, 6.07) is 0. The Labute approximate surface area is 107 Å². The van der Waals surface area contributed by atoms with E-state index in [1.165, 1.54) is 19.3 Å². The SMILES string of the molecule is CCCCC(CC)CC(CO)(CO)CC(C)C. The van der Waals surface area contributed by atoms with Gasteiger partial charge in [-0.05, 0) is 24.7 Å². The molecule has 2 heteroatoms. The van der Waals surface area contributed by atoms with Crippen molar-refractivity contribution in [2.75, 3.05) is 13.2 Å². The van der Waals surface area contributed by atoms with Crippen molar-refractivity contribution in [2.24, 2.45) is 17.3 Å². The second-order valence-corrected chi connectivity index (χ2v) is 6.03. The lowest BCUT2D eigenvalue weighted by molar-refractivity contribution is 0.0143. The molecule has 0 rings (SSSR count). The molecule has 2 nitrogen and oxygen atoms in total. The van der Waals surface area contributed by atoms with Crippen LogP contribution in [0.4, 0.5) is 0 Å². The third-order valence-electron chi connectivity index (χ3n) is 3.78. The van der Waals surface area contributed by atoms with Gasteiger partial charge in [0, 0.05) is 5.41 Å². The van der Waals surface area contributed by atoms with Crippen molar-refractivity contribution in [3.05, 3.63) is 0 Å². The van der Waals surface area contributed by atoms with E-state index in [1.54, 1.807) is 0 Å². The fourth-order valence-corrected chi connectivity index (χ4v) is 2.81. The topological polar surface area (TPSA) is 40.5 Å². The summed E-state index contributed by atoms with van der Waals surface area (Å²) in [6.07, 6.45) is 6.75. The molecule has 0 aromatic heterocycles. The number of hydrogen-bond acceptors (Lipinski definition) is 2. The van der Waals surface area contributed by atoms with E-state index in [4.69, 9.17) is 0 Å². The van der Waals surface area contributed by atoms with Gasteiger partial charge in [-0.1, -0.05) is 53.4 Å². The highest BCUT2D eigenvalue weighted by Gasteiger charge is 2.32. The Morgan fingerprint density at radius 2 is 1.59 bits per heavy atom. The van der Waals surface area contributed by atoms with Crippen LogP contribution < -0.4 is 0 Å². The molecule has 0 saturated heterocycles. The quantitative estimate of drug-likeness (QED) is 0.616. The summed E-state index contributed by atoms with van der Waals surface area (Å²) in [7, 11) is 0. The second-order valence-electron chi connectivity index (χ2n) is 6.03. The summed E-state index contributed by atoms with van der Waals surface area (Å²) < 4.78 is 0. The van der Waals surface area contributed by atoms with Gasteiger partial charge in [0.05, 0.1) is 13.2 Å². The zero-order valence-corrected chi connectivity index (χ0v) is 12.2. The number of rotatable bonds is 10. The van der Waals surface area contributed by atoms with Crippen molar-refractivity contribution in [3.8, 4) is 0 Å². The van der Waals surface area contributed by atoms with E-state index >= 15 is 0 Å². The molecule has 17 heavy (non-hydrogen) atoms. The molecule has 0 aliphatic carbocycles. The zero-order chi connectivity index (χ0) is 13.3. The molecule has 2 N–H and O–H groups in total. The van der Waals surface area contributed by atoms with Crippen LogP contribution in [-0.4, -0.2) is 23.4 Å². The van der Waals surface area contributed by atoms with E-state index in [9.17, 15) is 10.2 Å².